The van der Waals surface area contributed by atoms with Gasteiger partial charge in [0.05, 0.1) is 0 Å². The second-order valence-electron chi connectivity index (χ2n) is 14.2. The van der Waals surface area contributed by atoms with Crippen molar-refractivity contribution in [3.63, 3.8) is 0 Å². The van der Waals surface area contributed by atoms with E-state index in [0.717, 1.165) is 0 Å². The summed E-state index contributed by atoms with van der Waals surface area (Å²) in [5.74, 6) is 0.532. The quantitative estimate of drug-likeness (QED) is 0.127. The van der Waals surface area contributed by atoms with Gasteiger partial charge in [0.2, 0.25) is 0 Å². The fraction of sp³-hybridized carbons (Fsp3) is 0.273. The van der Waals surface area contributed by atoms with Crippen LogP contribution in [0.3, 0.4) is 0 Å². The van der Waals surface area contributed by atoms with Crippen LogP contribution in [0.25, 0.3) is 43.8 Å². The van der Waals surface area contributed by atoms with Gasteiger partial charge in [-0.1, -0.05) is 134 Å². The molecule has 2 radical (unpaired) electrons. The maximum absolute atomic E-state index is 3.06. The van der Waals surface area contributed by atoms with E-state index in [9.17, 15) is 0 Å². The third-order valence-corrected chi connectivity index (χ3v) is 8.53. The number of aryl methyl sites for hydroxylation is 1. The Bertz CT molecular complexity index is 1810. The van der Waals surface area contributed by atoms with Gasteiger partial charge < -0.3 is 14.9 Å². The van der Waals surface area contributed by atoms with Gasteiger partial charge in [-0.15, -0.1) is 92.3 Å². The SMILES string of the molecule is CC(C)c1[cH-]c2ccccc2c1-c1ccc(C(C)(C)C)cc1.Cc1[cH-]c2ccccc2c1-c1ccc(C(C)(C)C)cc1.[CH3-].[CH3-].[Si]=[Zr]. The van der Waals surface area contributed by atoms with Gasteiger partial charge >= 0.3 is 30.2 Å². The van der Waals surface area contributed by atoms with Crippen molar-refractivity contribution in [1.82, 2.24) is 0 Å². The fourth-order valence-electron chi connectivity index (χ4n) is 6.05. The Morgan fingerprint density at radius 1 is 0.543 bits per heavy atom. The zero-order chi connectivity index (χ0) is 32.2. The van der Waals surface area contributed by atoms with Crippen LogP contribution in [0.2, 0.25) is 0 Å². The molecule has 0 spiro atoms. The Balaban J connectivity index is 0.000000293. The molecule has 0 heterocycles. The molecule has 0 unspecified atom stereocenters. The molecule has 0 aliphatic carbocycles. The predicted molar refractivity (Wildman–Crippen MR) is 205 cm³/mol. The molecular weight excluding hydrogens is 648 g/mol. The molecule has 0 fully saturated rings. The summed E-state index contributed by atoms with van der Waals surface area (Å²) in [7, 11) is 0. The zero-order valence-corrected chi connectivity index (χ0v) is 33.4. The van der Waals surface area contributed by atoms with Crippen LogP contribution in [0.15, 0.2) is 109 Å². The molecule has 240 valence electrons. The van der Waals surface area contributed by atoms with Gasteiger partial charge in [0.25, 0.3) is 0 Å². The maximum atomic E-state index is 3.06. The molecule has 0 N–H and O–H groups in total. The number of rotatable bonds is 3. The van der Waals surface area contributed by atoms with Crippen molar-refractivity contribution in [2.24, 2.45) is 0 Å². The number of benzene rings is 4. The van der Waals surface area contributed by atoms with Gasteiger partial charge in [0.1, 0.15) is 0 Å². The molecule has 0 aliphatic rings. The van der Waals surface area contributed by atoms with E-state index in [0.29, 0.717) is 5.92 Å². The van der Waals surface area contributed by atoms with E-state index in [4.69, 9.17) is 0 Å². The summed E-state index contributed by atoms with van der Waals surface area (Å²) in [6.45, 7) is 23.4. The number of fused-ring (bicyclic) bond motifs is 2. The van der Waals surface area contributed by atoms with Gasteiger partial charge in [0.15, 0.2) is 0 Å². The summed E-state index contributed by atoms with van der Waals surface area (Å²) in [6.07, 6.45) is 0. The molecule has 0 saturated carbocycles. The molecule has 0 amide bonds. The van der Waals surface area contributed by atoms with E-state index in [1.54, 1.807) is 0 Å². The normalized spacial score (nSPS) is 11.2. The van der Waals surface area contributed by atoms with Crippen LogP contribution in [0.4, 0.5) is 0 Å². The van der Waals surface area contributed by atoms with Crippen molar-refractivity contribution in [1.29, 1.82) is 0 Å². The molecule has 0 nitrogen and oxygen atoms in total. The van der Waals surface area contributed by atoms with Crippen molar-refractivity contribution in [2.75, 3.05) is 0 Å². The van der Waals surface area contributed by atoms with E-state index in [-0.39, 0.29) is 25.7 Å². The van der Waals surface area contributed by atoms with Gasteiger partial charge in [-0.25, -0.2) is 0 Å². The number of hydrogen-bond donors (Lipinski definition) is 0. The molecule has 0 aromatic heterocycles. The van der Waals surface area contributed by atoms with Gasteiger partial charge in [-0.2, -0.15) is 0 Å². The Labute approximate surface area is 297 Å². The van der Waals surface area contributed by atoms with Crippen LogP contribution in [0, 0.1) is 21.8 Å². The molecular formula is C44H52SiZr-4. The molecule has 6 rings (SSSR count). The van der Waals surface area contributed by atoms with Crippen LogP contribution < -0.4 is 0 Å². The summed E-state index contributed by atoms with van der Waals surface area (Å²) in [4.78, 5) is 0. The topological polar surface area (TPSA) is 0 Å². The van der Waals surface area contributed by atoms with Crippen LogP contribution in [0.1, 0.15) is 83.6 Å². The Morgan fingerprint density at radius 2 is 0.913 bits per heavy atom. The Morgan fingerprint density at radius 3 is 1.33 bits per heavy atom. The van der Waals surface area contributed by atoms with E-state index in [2.05, 4.69) is 178 Å². The molecule has 6 aromatic rings. The van der Waals surface area contributed by atoms with E-state index in [1.807, 2.05) is 0 Å². The second kappa shape index (κ2) is 16.3. The monoisotopic (exact) mass is 698 g/mol. The standard InChI is InChI=1S/C22H25.C20H21.2CH3.Si.Zr/c1-15(2)20-14-17-8-6-7-9-19(17)21(20)16-10-12-18(13-11-16)22(3,4)5;1-14-13-16-7-5-6-8-18(16)19(14)15-9-11-17(12-10-15)20(2,3)4;;;;/h6-15H,1-5H3;5-13H,1-4H3;2*1H3;;/q4*-1;;. The number of hydrogen-bond acceptors (Lipinski definition) is 0. The first-order chi connectivity index (χ1) is 20.8. The average Bonchev–Trinajstić information content (AvgIpc) is 3.55. The summed E-state index contributed by atoms with van der Waals surface area (Å²) in [6, 6.07) is 40.2. The molecule has 0 bridgehead atoms. The van der Waals surface area contributed by atoms with Crippen LogP contribution in [0.5, 0.6) is 0 Å². The minimum absolute atomic E-state index is 0. The second-order valence-corrected chi connectivity index (χ2v) is 14.2. The fourth-order valence-corrected chi connectivity index (χ4v) is 6.05. The van der Waals surface area contributed by atoms with Crippen molar-refractivity contribution in [3.05, 3.63) is 146 Å². The first-order valence-electron chi connectivity index (χ1n) is 15.6. The van der Waals surface area contributed by atoms with Gasteiger partial charge in [0, 0.05) is 0 Å². The average molecular weight is 700 g/mol. The molecule has 46 heavy (non-hydrogen) atoms. The van der Waals surface area contributed by atoms with Crippen LogP contribution >= 0.6 is 0 Å². The van der Waals surface area contributed by atoms with E-state index >= 15 is 0 Å². The zero-order valence-electron chi connectivity index (χ0n) is 30.0. The molecule has 2 heteroatoms. The Hall–Kier alpha value is -2.80. The molecule has 0 atom stereocenters. The van der Waals surface area contributed by atoms with E-state index in [1.165, 1.54) is 89.4 Å². The summed E-state index contributed by atoms with van der Waals surface area (Å²) in [5, 5.41) is 5.41. The first-order valence-corrected chi connectivity index (χ1v) is 19.8. The minimum atomic E-state index is 0. The Kier molecular flexibility index (Phi) is 14.0. The van der Waals surface area contributed by atoms with Crippen molar-refractivity contribution in [2.45, 2.75) is 79.1 Å². The van der Waals surface area contributed by atoms with Crippen molar-refractivity contribution < 1.29 is 23.3 Å². The summed E-state index contributed by atoms with van der Waals surface area (Å²) < 4.78 is 0. The summed E-state index contributed by atoms with van der Waals surface area (Å²) in [5.41, 5.74) is 11.4. The molecule has 0 saturated heterocycles. The third kappa shape index (κ3) is 8.76. The van der Waals surface area contributed by atoms with Crippen molar-refractivity contribution in [3.8, 4) is 22.3 Å². The van der Waals surface area contributed by atoms with Crippen LogP contribution in [-0.4, -0.2) is 6.88 Å². The van der Waals surface area contributed by atoms with Crippen molar-refractivity contribution >= 4 is 28.4 Å². The van der Waals surface area contributed by atoms with Gasteiger partial charge in [-0.05, 0) is 27.9 Å². The van der Waals surface area contributed by atoms with E-state index < -0.39 is 0 Å². The molecule has 6 aromatic carbocycles. The van der Waals surface area contributed by atoms with Gasteiger partial charge in [-0.3, -0.25) is 0 Å². The van der Waals surface area contributed by atoms with Crippen LogP contribution in [-0.2, 0) is 34.2 Å². The molecule has 0 aliphatic heterocycles. The summed E-state index contributed by atoms with van der Waals surface area (Å²) >= 11 is 1.36. The predicted octanol–water partition coefficient (Wildman–Crippen LogP) is 13.0. The first kappa shape index (κ1) is 39.4. The third-order valence-electron chi connectivity index (χ3n) is 8.53.